The predicted octanol–water partition coefficient (Wildman–Crippen LogP) is 3.17. The number of hydrogen-bond acceptors (Lipinski definition) is 2. The Hall–Kier alpha value is -1.29. The number of carbonyl (C=O) groups is 1. The summed E-state index contributed by atoms with van der Waals surface area (Å²) in [5, 5.41) is 8.88. The average molecular weight is 264 g/mol. The maximum absolute atomic E-state index is 10.6. The highest BCUT2D eigenvalue weighted by atomic mass is 28.2. The number of carboxylic acid groups (broad SMARTS) is 1. The molecule has 0 fully saturated rings. The zero-order valence-corrected chi connectivity index (χ0v) is 12.4. The molecule has 0 aliphatic rings. The smallest absolute Gasteiger partial charge is 0.317 e. The van der Waals surface area contributed by atoms with Crippen molar-refractivity contribution in [1.29, 1.82) is 0 Å². The van der Waals surface area contributed by atoms with Gasteiger partial charge in [0.1, 0.15) is 5.75 Å². The summed E-state index contributed by atoms with van der Waals surface area (Å²) < 4.78 is 5.79. The van der Waals surface area contributed by atoms with Crippen LogP contribution >= 0.6 is 0 Å². The first-order valence-electron chi connectivity index (χ1n) is 6.06. The average Bonchev–Trinajstić information content (AvgIpc) is 2.26. The van der Waals surface area contributed by atoms with Crippen molar-refractivity contribution in [3.8, 4) is 5.75 Å². The van der Waals surface area contributed by atoms with E-state index in [1.165, 1.54) is 0 Å². The zero-order chi connectivity index (χ0) is 13.8. The van der Waals surface area contributed by atoms with Crippen LogP contribution in [0.25, 0.3) is 0 Å². The van der Waals surface area contributed by atoms with Gasteiger partial charge in [0.05, 0.1) is 6.42 Å². The Morgan fingerprint density at radius 1 is 1.44 bits per heavy atom. The molecule has 0 aromatic heterocycles. The molecule has 98 valence electrons. The lowest BCUT2D eigenvalue weighted by Gasteiger charge is -2.26. The lowest BCUT2D eigenvalue weighted by Crippen LogP contribution is -2.24. The fraction of sp³-hybridized carbons (Fsp3) is 0.500. The topological polar surface area (TPSA) is 46.5 Å². The van der Waals surface area contributed by atoms with Crippen molar-refractivity contribution in [3.63, 3.8) is 0 Å². The fourth-order valence-electron chi connectivity index (χ4n) is 1.20. The second-order valence-electron chi connectivity index (χ2n) is 5.30. The SMILES string of the molecule is CC(C)C(C)(C)[Si]Oc1cccc(CC(=O)O)c1. The van der Waals surface area contributed by atoms with Crippen molar-refractivity contribution in [2.75, 3.05) is 0 Å². The van der Waals surface area contributed by atoms with E-state index in [1.807, 2.05) is 12.1 Å². The Balaban J connectivity index is 2.65. The number of rotatable bonds is 6. The molecule has 1 aromatic rings. The molecule has 0 saturated heterocycles. The molecule has 0 aliphatic carbocycles. The lowest BCUT2D eigenvalue weighted by molar-refractivity contribution is -0.136. The molecule has 0 aliphatic heterocycles. The van der Waals surface area contributed by atoms with Crippen LogP contribution in [0.2, 0.25) is 5.04 Å². The van der Waals surface area contributed by atoms with E-state index < -0.39 is 5.97 Å². The quantitative estimate of drug-likeness (QED) is 0.803. The van der Waals surface area contributed by atoms with Gasteiger partial charge in [0, 0.05) is 0 Å². The van der Waals surface area contributed by atoms with E-state index in [-0.39, 0.29) is 11.5 Å². The van der Waals surface area contributed by atoms with Gasteiger partial charge in [0.15, 0.2) is 0 Å². The van der Waals surface area contributed by atoms with Crippen LogP contribution in [0.5, 0.6) is 5.75 Å². The first-order valence-corrected chi connectivity index (χ1v) is 6.97. The van der Waals surface area contributed by atoms with Crippen molar-refractivity contribution in [1.82, 2.24) is 0 Å². The highest BCUT2D eigenvalue weighted by Crippen LogP contribution is 2.33. The third-order valence-electron chi connectivity index (χ3n) is 3.13. The van der Waals surface area contributed by atoms with Crippen LogP contribution in [0.3, 0.4) is 0 Å². The lowest BCUT2D eigenvalue weighted by atomic mass is 9.99. The van der Waals surface area contributed by atoms with Gasteiger partial charge in [-0.2, -0.15) is 0 Å². The predicted molar refractivity (Wildman–Crippen MR) is 73.0 cm³/mol. The molecule has 4 heteroatoms. The number of aliphatic carboxylic acids is 1. The Morgan fingerprint density at radius 3 is 2.67 bits per heavy atom. The zero-order valence-electron chi connectivity index (χ0n) is 11.4. The number of benzene rings is 1. The first kappa shape index (κ1) is 14.8. The van der Waals surface area contributed by atoms with Crippen LogP contribution < -0.4 is 4.43 Å². The second-order valence-corrected chi connectivity index (χ2v) is 7.00. The van der Waals surface area contributed by atoms with Crippen molar-refractivity contribution in [2.45, 2.75) is 39.2 Å². The molecule has 0 heterocycles. The number of carboxylic acids is 1. The normalized spacial score (nSPS) is 11.6. The molecule has 18 heavy (non-hydrogen) atoms. The summed E-state index contributed by atoms with van der Waals surface area (Å²) in [6, 6.07) is 7.31. The van der Waals surface area contributed by atoms with Crippen LogP contribution in [0.15, 0.2) is 24.3 Å². The highest BCUT2D eigenvalue weighted by Gasteiger charge is 2.26. The molecule has 0 amide bonds. The Morgan fingerprint density at radius 2 is 2.11 bits per heavy atom. The minimum atomic E-state index is -0.822. The maximum atomic E-state index is 10.6. The summed E-state index contributed by atoms with van der Waals surface area (Å²) in [6.45, 7) is 8.71. The van der Waals surface area contributed by atoms with Crippen LogP contribution in [0.1, 0.15) is 33.3 Å². The minimum Gasteiger partial charge on any atom is -0.540 e. The van der Waals surface area contributed by atoms with Crippen molar-refractivity contribution >= 4 is 15.7 Å². The van der Waals surface area contributed by atoms with Gasteiger partial charge in [0.2, 0.25) is 0 Å². The summed E-state index contributed by atoms with van der Waals surface area (Å²) >= 11 is 0. The Kier molecular flexibility index (Phi) is 4.96. The molecule has 1 N–H and O–H groups in total. The van der Waals surface area contributed by atoms with Gasteiger partial charge in [-0.3, -0.25) is 4.79 Å². The standard InChI is InChI=1S/C14H20O3Si/c1-10(2)14(3,4)18-17-12-7-5-6-11(8-12)9-13(15)16/h5-8,10H,9H2,1-4H3,(H,15,16). The van der Waals surface area contributed by atoms with Crippen LogP contribution in [0, 0.1) is 5.92 Å². The minimum absolute atomic E-state index is 0.0356. The molecule has 0 bridgehead atoms. The van der Waals surface area contributed by atoms with E-state index in [4.69, 9.17) is 9.53 Å². The van der Waals surface area contributed by atoms with Gasteiger partial charge in [-0.15, -0.1) is 0 Å². The molecule has 1 aromatic carbocycles. The van der Waals surface area contributed by atoms with Crippen molar-refractivity contribution < 1.29 is 14.3 Å². The summed E-state index contributed by atoms with van der Waals surface area (Å²) in [5.41, 5.74) is 0.771. The largest absolute Gasteiger partial charge is 0.540 e. The van der Waals surface area contributed by atoms with E-state index in [1.54, 1.807) is 12.1 Å². The van der Waals surface area contributed by atoms with Gasteiger partial charge in [-0.05, 0) is 28.7 Å². The van der Waals surface area contributed by atoms with Crippen LogP contribution in [-0.4, -0.2) is 20.8 Å². The highest BCUT2D eigenvalue weighted by molar-refractivity contribution is 6.33. The van der Waals surface area contributed by atoms with E-state index in [0.29, 0.717) is 15.7 Å². The van der Waals surface area contributed by atoms with Crippen molar-refractivity contribution in [2.24, 2.45) is 5.92 Å². The molecule has 2 radical (unpaired) electrons. The van der Waals surface area contributed by atoms with Gasteiger partial charge >= 0.3 is 15.7 Å². The Bertz CT molecular complexity index is 413. The van der Waals surface area contributed by atoms with E-state index in [2.05, 4.69) is 27.7 Å². The van der Waals surface area contributed by atoms with Crippen LogP contribution in [-0.2, 0) is 11.2 Å². The molecule has 0 spiro atoms. The van der Waals surface area contributed by atoms with Gasteiger partial charge in [-0.1, -0.05) is 39.8 Å². The van der Waals surface area contributed by atoms with E-state index in [9.17, 15) is 4.79 Å². The van der Waals surface area contributed by atoms with Crippen LogP contribution in [0.4, 0.5) is 0 Å². The molecule has 1 rings (SSSR count). The van der Waals surface area contributed by atoms with E-state index >= 15 is 0 Å². The summed E-state index contributed by atoms with van der Waals surface area (Å²) in [4.78, 5) is 10.6. The monoisotopic (exact) mass is 264 g/mol. The second kappa shape index (κ2) is 6.04. The summed E-state index contributed by atoms with van der Waals surface area (Å²) in [5.74, 6) is 0.468. The summed E-state index contributed by atoms with van der Waals surface area (Å²) in [6.07, 6.45) is 0.0356. The molecule has 3 nitrogen and oxygen atoms in total. The molecule has 0 saturated carbocycles. The fourth-order valence-corrected chi connectivity index (χ4v) is 1.95. The van der Waals surface area contributed by atoms with Gasteiger partial charge in [-0.25, -0.2) is 0 Å². The summed E-state index contributed by atoms with van der Waals surface area (Å²) in [7, 11) is 0.362. The third kappa shape index (κ3) is 4.53. The molecular formula is C14H20O3Si. The van der Waals surface area contributed by atoms with Gasteiger partial charge in [0.25, 0.3) is 0 Å². The molecular weight excluding hydrogens is 244 g/mol. The molecule has 0 unspecified atom stereocenters. The Labute approximate surface area is 111 Å². The van der Waals surface area contributed by atoms with Crippen molar-refractivity contribution in [3.05, 3.63) is 29.8 Å². The molecule has 0 atom stereocenters. The maximum Gasteiger partial charge on any atom is 0.317 e. The first-order chi connectivity index (χ1) is 8.31. The third-order valence-corrected chi connectivity index (χ3v) is 4.57. The van der Waals surface area contributed by atoms with E-state index in [0.717, 1.165) is 11.3 Å². The van der Waals surface area contributed by atoms with Gasteiger partial charge < -0.3 is 9.53 Å². The number of hydrogen-bond donors (Lipinski definition) is 1.